The number of nitrogens with one attached hydrogen (secondary N) is 1. The lowest BCUT2D eigenvalue weighted by atomic mass is 10.1. The van der Waals surface area contributed by atoms with Crippen LogP contribution in [0.5, 0.6) is 5.75 Å². The van der Waals surface area contributed by atoms with Gasteiger partial charge in [0.25, 0.3) is 0 Å². The fourth-order valence-corrected chi connectivity index (χ4v) is 2.11. The highest BCUT2D eigenvalue weighted by Crippen LogP contribution is 2.21. The molecule has 1 aromatic carbocycles. The summed E-state index contributed by atoms with van der Waals surface area (Å²) in [7, 11) is 1.68. The summed E-state index contributed by atoms with van der Waals surface area (Å²) in [6.07, 6.45) is 3.65. The van der Waals surface area contributed by atoms with Crippen LogP contribution in [0.25, 0.3) is 0 Å². The van der Waals surface area contributed by atoms with Crippen LogP contribution in [-0.4, -0.2) is 12.1 Å². The molecule has 2 aromatic rings. The van der Waals surface area contributed by atoms with E-state index in [1.54, 1.807) is 7.11 Å². The van der Waals surface area contributed by atoms with Crippen molar-refractivity contribution in [2.75, 3.05) is 7.11 Å². The molecule has 100 valence electrons. The summed E-state index contributed by atoms with van der Waals surface area (Å²) in [5.74, 6) is 0.887. The van der Waals surface area contributed by atoms with Crippen molar-refractivity contribution in [2.24, 2.45) is 0 Å². The SMILES string of the molecule is COc1ccc(C(C)N[C@@H](C)c2ccncc2)cc1. The van der Waals surface area contributed by atoms with Crippen LogP contribution in [0.2, 0.25) is 0 Å². The van der Waals surface area contributed by atoms with Gasteiger partial charge in [-0.1, -0.05) is 12.1 Å². The molecule has 0 amide bonds. The van der Waals surface area contributed by atoms with Crippen molar-refractivity contribution in [1.29, 1.82) is 0 Å². The fourth-order valence-electron chi connectivity index (χ4n) is 2.11. The Morgan fingerprint density at radius 1 is 0.895 bits per heavy atom. The Morgan fingerprint density at radius 2 is 1.42 bits per heavy atom. The maximum Gasteiger partial charge on any atom is 0.118 e. The Hall–Kier alpha value is -1.87. The molecule has 1 N–H and O–H groups in total. The van der Waals surface area contributed by atoms with Crippen LogP contribution in [0.1, 0.15) is 37.1 Å². The molecule has 3 nitrogen and oxygen atoms in total. The highest BCUT2D eigenvalue weighted by atomic mass is 16.5. The lowest BCUT2D eigenvalue weighted by molar-refractivity contribution is 0.414. The highest BCUT2D eigenvalue weighted by Gasteiger charge is 2.10. The summed E-state index contributed by atoms with van der Waals surface area (Å²) in [6, 6.07) is 12.8. The van der Waals surface area contributed by atoms with E-state index in [-0.39, 0.29) is 6.04 Å². The van der Waals surface area contributed by atoms with Crippen molar-refractivity contribution in [3.63, 3.8) is 0 Å². The molecule has 2 rings (SSSR count). The molecule has 0 radical (unpaired) electrons. The second-order valence-corrected chi connectivity index (χ2v) is 4.66. The molecular weight excluding hydrogens is 236 g/mol. The molecule has 0 spiro atoms. The number of nitrogens with zero attached hydrogens (tertiary/aromatic N) is 1. The average Bonchev–Trinajstić information content (AvgIpc) is 2.48. The predicted molar refractivity (Wildman–Crippen MR) is 77.2 cm³/mol. The van der Waals surface area contributed by atoms with E-state index in [1.165, 1.54) is 11.1 Å². The maximum atomic E-state index is 5.17. The van der Waals surface area contributed by atoms with Crippen LogP contribution in [0.4, 0.5) is 0 Å². The summed E-state index contributed by atoms with van der Waals surface area (Å²) in [5.41, 5.74) is 2.50. The normalized spacial score (nSPS) is 13.8. The number of benzene rings is 1. The molecule has 1 aromatic heterocycles. The van der Waals surface area contributed by atoms with Crippen molar-refractivity contribution < 1.29 is 4.74 Å². The largest absolute Gasteiger partial charge is 0.497 e. The molecular formula is C16H20N2O. The van der Waals surface area contributed by atoms with Gasteiger partial charge in [-0.3, -0.25) is 4.98 Å². The zero-order chi connectivity index (χ0) is 13.7. The molecule has 1 unspecified atom stereocenters. The number of hydrogen-bond acceptors (Lipinski definition) is 3. The third-order valence-electron chi connectivity index (χ3n) is 3.32. The lowest BCUT2D eigenvalue weighted by Gasteiger charge is -2.20. The third kappa shape index (κ3) is 3.55. The number of ether oxygens (including phenoxy) is 1. The van der Waals surface area contributed by atoms with Gasteiger partial charge in [-0.2, -0.15) is 0 Å². The zero-order valence-corrected chi connectivity index (χ0v) is 11.6. The predicted octanol–water partition coefficient (Wildman–Crippen LogP) is 3.50. The van der Waals surface area contributed by atoms with Crippen LogP contribution in [-0.2, 0) is 0 Å². The topological polar surface area (TPSA) is 34.1 Å². The lowest BCUT2D eigenvalue weighted by Crippen LogP contribution is -2.22. The second kappa shape index (κ2) is 6.34. The number of aromatic nitrogens is 1. The molecule has 3 heteroatoms. The molecule has 1 heterocycles. The smallest absolute Gasteiger partial charge is 0.118 e. The Labute approximate surface area is 114 Å². The molecule has 0 aliphatic rings. The first-order chi connectivity index (χ1) is 9.20. The van der Waals surface area contributed by atoms with Gasteiger partial charge in [0.1, 0.15) is 5.75 Å². The van der Waals surface area contributed by atoms with Gasteiger partial charge < -0.3 is 10.1 Å². The average molecular weight is 256 g/mol. The van der Waals surface area contributed by atoms with Crippen molar-refractivity contribution in [3.8, 4) is 5.75 Å². The van der Waals surface area contributed by atoms with Crippen molar-refractivity contribution in [3.05, 3.63) is 59.9 Å². The number of pyridine rings is 1. The molecule has 19 heavy (non-hydrogen) atoms. The highest BCUT2D eigenvalue weighted by molar-refractivity contribution is 5.29. The van der Waals surface area contributed by atoms with Gasteiger partial charge in [-0.15, -0.1) is 0 Å². The summed E-state index contributed by atoms with van der Waals surface area (Å²) in [5, 5.41) is 3.58. The Kier molecular flexibility index (Phi) is 4.53. The van der Waals surface area contributed by atoms with Gasteiger partial charge in [0.2, 0.25) is 0 Å². The minimum atomic E-state index is 0.286. The Balaban J connectivity index is 2.02. The van der Waals surface area contributed by atoms with E-state index < -0.39 is 0 Å². The van der Waals surface area contributed by atoms with Crippen LogP contribution in [0, 0.1) is 0 Å². The Bertz CT molecular complexity index is 496. The van der Waals surface area contributed by atoms with E-state index in [0.717, 1.165) is 5.75 Å². The van der Waals surface area contributed by atoms with E-state index >= 15 is 0 Å². The molecule has 0 aliphatic carbocycles. The first kappa shape index (κ1) is 13.6. The van der Waals surface area contributed by atoms with Crippen LogP contribution < -0.4 is 10.1 Å². The quantitative estimate of drug-likeness (QED) is 0.889. The zero-order valence-electron chi connectivity index (χ0n) is 11.6. The van der Waals surface area contributed by atoms with E-state index in [2.05, 4.69) is 36.3 Å². The standard InChI is InChI=1S/C16H20N2O/c1-12(14-4-6-16(19-3)7-5-14)18-13(2)15-8-10-17-11-9-15/h4-13,18H,1-3H3/t12?,13-/m0/s1. The van der Waals surface area contributed by atoms with Crippen molar-refractivity contribution in [1.82, 2.24) is 10.3 Å². The van der Waals surface area contributed by atoms with Gasteiger partial charge in [0.15, 0.2) is 0 Å². The van der Waals surface area contributed by atoms with E-state index in [1.807, 2.05) is 36.7 Å². The summed E-state index contributed by atoms with van der Waals surface area (Å²) in [4.78, 5) is 4.04. The van der Waals surface area contributed by atoms with E-state index in [0.29, 0.717) is 6.04 Å². The molecule has 0 saturated heterocycles. The first-order valence-electron chi connectivity index (χ1n) is 6.50. The van der Waals surface area contributed by atoms with E-state index in [4.69, 9.17) is 4.74 Å². The minimum absolute atomic E-state index is 0.286. The van der Waals surface area contributed by atoms with Crippen molar-refractivity contribution >= 4 is 0 Å². The van der Waals surface area contributed by atoms with Gasteiger partial charge >= 0.3 is 0 Å². The summed E-state index contributed by atoms with van der Waals surface area (Å²) < 4.78 is 5.17. The fraction of sp³-hybridized carbons (Fsp3) is 0.312. The van der Waals surface area contributed by atoms with Crippen LogP contribution in [0.3, 0.4) is 0 Å². The molecule has 2 atom stereocenters. The Morgan fingerprint density at radius 3 is 1.95 bits per heavy atom. The third-order valence-corrected chi connectivity index (χ3v) is 3.32. The molecule has 0 saturated carbocycles. The molecule has 0 aliphatic heterocycles. The van der Waals surface area contributed by atoms with Gasteiger partial charge in [0.05, 0.1) is 7.11 Å². The van der Waals surface area contributed by atoms with Gasteiger partial charge in [-0.25, -0.2) is 0 Å². The molecule has 0 bridgehead atoms. The summed E-state index contributed by atoms with van der Waals surface area (Å²) in [6.45, 7) is 4.33. The number of methoxy groups -OCH3 is 1. The van der Waals surface area contributed by atoms with Crippen molar-refractivity contribution in [2.45, 2.75) is 25.9 Å². The maximum absolute atomic E-state index is 5.17. The van der Waals surface area contributed by atoms with Crippen LogP contribution >= 0.6 is 0 Å². The molecule has 0 fully saturated rings. The number of rotatable bonds is 5. The first-order valence-corrected chi connectivity index (χ1v) is 6.50. The van der Waals surface area contributed by atoms with E-state index in [9.17, 15) is 0 Å². The van der Waals surface area contributed by atoms with Gasteiger partial charge in [-0.05, 0) is 49.2 Å². The number of hydrogen-bond donors (Lipinski definition) is 1. The van der Waals surface area contributed by atoms with Crippen LogP contribution in [0.15, 0.2) is 48.8 Å². The second-order valence-electron chi connectivity index (χ2n) is 4.66. The minimum Gasteiger partial charge on any atom is -0.497 e. The van der Waals surface area contributed by atoms with Gasteiger partial charge in [0, 0.05) is 24.5 Å². The monoisotopic (exact) mass is 256 g/mol. The summed E-state index contributed by atoms with van der Waals surface area (Å²) >= 11 is 0.